The van der Waals surface area contributed by atoms with Crippen LogP contribution in [0.1, 0.15) is 39.6 Å². The highest BCUT2D eigenvalue weighted by Crippen LogP contribution is 2.30. The van der Waals surface area contributed by atoms with E-state index in [-0.39, 0.29) is 18.4 Å². The van der Waals surface area contributed by atoms with Crippen molar-refractivity contribution in [1.29, 1.82) is 0 Å². The molecule has 5 nitrogen and oxygen atoms in total. The summed E-state index contributed by atoms with van der Waals surface area (Å²) in [4.78, 5) is 23.6. The molecule has 2 amide bonds. The molecule has 1 atom stereocenters. The Kier molecular flexibility index (Phi) is 4.62. The van der Waals surface area contributed by atoms with Crippen LogP contribution < -0.4 is 11.1 Å². The normalized spacial score (nSPS) is 16.3. The molecule has 0 aromatic heterocycles. The summed E-state index contributed by atoms with van der Waals surface area (Å²) in [6.45, 7) is 2.45. The summed E-state index contributed by atoms with van der Waals surface area (Å²) in [5, 5.41) is 2.88. The maximum Gasteiger partial charge on any atom is 0.248 e. The van der Waals surface area contributed by atoms with Crippen molar-refractivity contribution in [1.82, 2.24) is 0 Å². The molecule has 0 radical (unpaired) electrons. The molecule has 0 bridgehead atoms. The number of ether oxygens (including phenoxy) is 1. The Balaban J connectivity index is 1.70. The van der Waals surface area contributed by atoms with E-state index in [2.05, 4.69) is 11.4 Å². The van der Waals surface area contributed by atoms with Crippen LogP contribution >= 0.6 is 0 Å². The van der Waals surface area contributed by atoms with E-state index < -0.39 is 5.91 Å². The zero-order valence-electron chi connectivity index (χ0n) is 13.5. The third-order valence-corrected chi connectivity index (χ3v) is 4.25. The lowest BCUT2D eigenvalue weighted by molar-refractivity contribution is -0.119. The van der Waals surface area contributed by atoms with Gasteiger partial charge in [0.25, 0.3) is 0 Å². The fraction of sp³-hybridized carbons (Fsp3) is 0.263. The second kappa shape index (κ2) is 6.84. The predicted molar refractivity (Wildman–Crippen MR) is 91.8 cm³/mol. The lowest BCUT2D eigenvalue weighted by Gasteiger charge is -2.25. The highest BCUT2D eigenvalue weighted by atomic mass is 16.5. The van der Waals surface area contributed by atoms with E-state index in [1.54, 1.807) is 18.2 Å². The highest BCUT2D eigenvalue weighted by Gasteiger charge is 2.23. The van der Waals surface area contributed by atoms with Crippen LogP contribution in [-0.4, -0.2) is 18.4 Å². The van der Waals surface area contributed by atoms with Crippen molar-refractivity contribution in [2.75, 3.05) is 11.9 Å². The minimum atomic E-state index is -0.483. The molecule has 2 aromatic rings. The number of fused-ring (bicyclic) bond motifs is 1. The van der Waals surface area contributed by atoms with Crippen LogP contribution in [0.2, 0.25) is 0 Å². The summed E-state index contributed by atoms with van der Waals surface area (Å²) < 4.78 is 5.77. The lowest BCUT2D eigenvalue weighted by atomic mass is 9.95. The number of rotatable bonds is 4. The molecule has 0 fully saturated rings. The maximum atomic E-state index is 12.4. The molecule has 1 aliphatic rings. The quantitative estimate of drug-likeness (QED) is 0.907. The Morgan fingerprint density at radius 2 is 2.04 bits per heavy atom. The summed E-state index contributed by atoms with van der Waals surface area (Å²) >= 11 is 0. The number of amides is 2. The Hall–Kier alpha value is -2.66. The summed E-state index contributed by atoms with van der Waals surface area (Å²) in [7, 11) is 0. The molecular weight excluding hydrogens is 304 g/mol. The molecule has 0 saturated heterocycles. The van der Waals surface area contributed by atoms with Crippen LogP contribution in [0.5, 0.6) is 0 Å². The maximum absolute atomic E-state index is 12.4. The van der Waals surface area contributed by atoms with Gasteiger partial charge in [-0.1, -0.05) is 24.3 Å². The van der Waals surface area contributed by atoms with E-state index in [4.69, 9.17) is 10.5 Å². The number of benzene rings is 2. The number of primary amides is 1. The predicted octanol–water partition coefficient (Wildman–Crippen LogP) is 2.74. The summed E-state index contributed by atoms with van der Waals surface area (Å²) in [5.74, 6) is -0.602. The van der Waals surface area contributed by atoms with Crippen molar-refractivity contribution in [3.63, 3.8) is 0 Å². The molecular formula is C19H20N2O3. The fourth-order valence-electron chi connectivity index (χ4n) is 2.97. The van der Waals surface area contributed by atoms with Gasteiger partial charge in [0.1, 0.15) is 0 Å². The highest BCUT2D eigenvalue weighted by molar-refractivity contribution is 5.95. The number of nitrogens with one attached hydrogen (secondary N) is 1. The zero-order chi connectivity index (χ0) is 17.1. The van der Waals surface area contributed by atoms with E-state index in [1.165, 1.54) is 5.56 Å². The first-order valence-corrected chi connectivity index (χ1v) is 7.94. The molecule has 3 rings (SSSR count). The average Bonchev–Trinajstić information content (AvgIpc) is 2.57. The van der Waals surface area contributed by atoms with Crippen molar-refractivity contribution >= 4 is 17.5 Å². The smallest absolute Gasteiger partial charge is 0.248 e. The van der Waals surface area contributed by atoms with Crippen LogP contribution in [0.25, 0.3) is 0 Å². The van der Waals surface area contributed by atoms with E-state index in [0.29, 0.717) is 17.9 Å². The Labute approximate surface area is 140 Å². The minimum absolute atomic E-state index is 0.119. The number of nitrogens with two attached hydrogens (primary N) is 1. The molecule has 124 valence electrons. The van der Waals surface area contributed by atoms with Gasteiger partial charge in [0.05, 0.1) is 19.1 Å². The van der Waals surface area contributed by atoms with E-state index in [1.807, 2.05) is 25.1 Å². The van der Waals surface area contributed by atoms with Crippen molar-refractivity contribution in [3.8, 4) is 0 Å². The molecule has 1 unspecified atom stereocenters. The summed E-state index contributed by atoms with van der Waals surface area (Å²) in [6.07, 6.45) is 0.913. The third kappa shape index (κ3) is 3.46. The topological polar surface area (TPSA) is 81.4 Å². The van der Waals surface area contributed by atoms with Gasteiger partial charge in [0.2, 0.25) is 11.8 Å². The second-order valence-corrected chi connectivity index (χ2v) is 5.95. The van der Waals surface area contributed by atoms with Gasteiger partial charge in [0.15, 0.2) is 0 Å². The molecule has 3 N–H and O–H groups in total. The van der Waals surface area contributed by atoms with Crippen molar-refractivity contribution in [2.45, 2.75) is 25.9 Å². The largest absolute Gasteiger partial charge is 0.373 e. The SMILES string of the molecule is Cc1cc(C(N)=O)ccc1NC(=O)CC1OCCc2ccccc21. The minimum Gasteiger partial charge on any atom is -0.373 e. The summed E-state index contributed by atoms with van der Waals surface area (Å²) in [5.41, 5.74) is 9.48. The standard InChI is InChI=1S/C19H20N2O3/c1-12-10-14(19(20)23)6-7-16(12)21-18(22)11-17-15-5-3-2-4-13(15)8-9-24-17/h2-7,10,17H,8-9,11H2,1H3,(H2,20,23)(H,21,22). The molecule has 1 heterocycles. The van der Waals surface area contributed by atoms with Crippen LogP contribution in [0.15, 0.2) is 42.5 Å². The average molecular weight is 324 g/mol. The van der Waals surface area contributed by atoms with Gasteiger partial charge in [0, 0.05) is 11.3 Å². The number of hydrogen-bond acceptors (Lipinski definition) is 3. The van der Waals surface area contributed by atoms with Crippen LogP contribution in [-0.2, 0) is 16.0 Å². The number of carbonyl (C=O) groups is 2. The molecule has 1 aliphatic heterocycles. The number of hydrogen-bond donors (Lipinski definition) is 2. The Morgan fingerprint density at radius 3 is 2.79 bits per heavy atom. The fourth-order valence-corrected chi connectivity index (χ4v) is 2.97. The van der Waals surface area contributed by atoms with E-state index >= 15 is 0 Å². The van der Waals surface area contributed by atoms with E-state index in [9.17, 15) is 9.59 Å². The second-order valence-electron chi connectivity index (χ2n) is 5.95. The van der Waals surface area contributed by atoms with E-state index in [0.717, 1.165) is 17.5 Å². The third-order valence-electron chi connectivity index (χ3n) is 4.25. The van der Waals surface area contributed by atoms with Gasteiger partial charge in [-0.15, -0.1) is 0 Å². The molecule has 0 saturated carbocycles. The number of anilines is 1. The van der Waals surface area contributed by atoms with Gasteiger partial charge in [-0.2, -0.15) is 0 Å². The Morgan fingerprint density at radius 1 is 1.25 bits per heavy atom. The Bertz CT molecular complexity index is 786. The van der Waals surface area contributed by atoms with Gasteiger partial charge >= 0.3 is 0 Å². The van der Waals surface area contributed by atoms with Crippen molar-refractivity contribution in [3.05, 3.63) is 64.7 Å². The molecule has 0 spiro atoms. The first kappa shape index (κ1) is 16.2. The van der Waals surface area contributed by atoms with Gasteiger partial charge < -0.3 is 15.8 Å². The number of aryl methyl sites for hydroxylation is 1. The van der Waals surface area contributed by atoms with Crippen molar-refractivity contribution in [2.24, 2.45) is 5.73 Å². The summed E-state index contributed by atoms with van der Waals surface area (Å²) in [6, 6.07) is 13.0. The molecule has 24 heavy (non-hydrogen) atoms. The molecule has 0 aliphatic carbocycles. The first-order valence-electron chi connectivity index (χ1n) is 7.94. The molecule has 5 heteroatoms. The number of carbonyl (C=O) groups excluding carboxylic acids is 2. The van der Waals surface area contributed by atoms with Gasteiger partial charge in [-0.05, 0) is 48.2 Å². The van der Waals surface area contributed by atoms with Crippen LogP contribution in [0.4, 0.5) is 5.69 Å². The monoisotopic (exact) mass is 324 g/mol. The molecule has 2 aromatic carbocycles. The first-order chi connectivity index (χ1) is 11.5. The zero-order valence-corrected chi connectivity index (χ0v) is 13.5. The lowest BCUT2D eigenvalue weighted by Crippen LogP contribution is -2.22. The van der Waals surface area contributed by atoms with Gasteiger partial charge in [-0.25, -0.2) is 0 Å². The van der Waals surface area contributed by atoms with Crippen molar-refractivity contribution < 1.29 is 14.3 Å². The van der Waals surface area contributed by atoms with Crippen LogP contribution in [0.3, 0.4) is 0 Å². The van der Waals surface area contributed by atoms with Gasteiger partial charge in [-0.3, -0.25) is 9.59 Å². The van der Waals surface area contributed by atoms with Crippen LogP contribution in [0, 0.1) is 6.92 Å².